The Kier molecular flexibility index (Phi) is 5.01. The minimum absolute atomic E-state index is 0.0696. The predicted octanol–water partition coefficient (Wildman–Crippen LogP) is 3.64. The highest BCUT2D eigenvalue weighted by Gasteiger charge is 2.35. The van der Waals surface area contributed by atoms with Crippen molar-refractivity contribution >= 4 is 11.7 Å². The molecule has 0 radical (unpaired) electrons. The number of pyridine rings is 1. The van der Waals surface area contributed by atoms with Gasteiger partial charge in [-0.1, -0.05) is 30.3 Å². The number of amides is 1. The lowest BCUT2D eigenvalue weighted by molar-refractivity contribution is -0.133. The molecular weight excluding hydrogens is 369 g/mol. The lowest BCUT2D eigenvalue weighted by Gasteiger charge is -2.24. The first-order valence-electron chi connectivity index (χ1n) is 9.57. The normalized spacial score (nSPS) is 15.8. The maximum Gasteiger partial charge on any atom is 0.226 e. The maximum atomic E-state index is 14.5. The Labute approximate surface area is 168 Å². The van der Waals surface area contributed by atoms with Gasteiger partial charge in [0.15, 0.2) is 11.6 Å². The number of fused-ring (bicyclic) bond motifs is 1. The molecule has 4 rings (SSSR count). The summed E-state index contributed by atoms with van der Waals surface area (Å²) in [6.45, 7) is 0. The summed E-state index contributed by atoms with van der Waals surface area (Å²) in [7, 11) is 3.38. The summed E-state index contributed by atoms with van der Waals surface area (Å²) < 4.78 is 14.5. The first kappa shape index (κ1) is 19.1. The van der Waals surface area contributed by atoms with E-state index in [0.29, 0.717) is 35.4 Å². The van der Waals surface area contributed by atoms with Crippen LogP contribution in [0.1, 0.15) is 33.6 Å². The Balaban J connectivity index is 1.84. The maximum absolute atomic E-state index is 14.5. The molecule has 1 atom stereocenters. The summed E-state index contributed by atoms with van der Waals surface area (Å²) in [5.74, 6) is -0.994. The number of Topliss-reactive ketones (excluding diaryl/α,β-unsaturated/α-hetero) is 1. The largest absolute Gasteiger partial charge is 0.357 e. The lowest BCUT2D eigenvalue weighted by Crippen LogP contribution is -2.35. The van der Waals surface area contributed by atoms with Crippen LogP contribution in [0.5, 0.6) is 0 Å². The van der Waals surface area contributed by atoms with Crippen LogP contribution in [0.3, 0.4) is 0 Å². The van der Waals surface area contributed by atoms with Gasteiger partial charge in [-0.05, 0) is 17.2 Å². The fraction of sp³-hybridized carbons (Fsp3) is 0.261. The van der Waals surface area contributed by atoms with Gasteiger partial charge in [0.2, 0.25) is 5.91 Å². The monoisotopic (exact) mass is 391 g/mol. The molecule has 29 heavy (non-hydrogen) atoms. The molecule has 6 heteroatoms. The summed E-state index contributed by atoms with van der Waals surface area (Å²) in [5.41, 5.74) is 4.08. The summed E-state index contributed by atoms with van der Waals surface area (Å²) >= 11 is 0. The predicted molar refractivity (Wildman–Crippen MR) is 108 cm³/mol. The van der Waals surface area contributed by atoms with Crippen LogP contribution >= 0.6 is 0 Å². The van der Waals surface area contributed by atoms with E-state index in [1.54, 1.807) is 20.2 Å². The van der Waals surface area contributed by atoms with Gasteiger partial charge in [0.25, 0.3) is 0 Å². The number of ketones is 1. The number of aromatic amines is 1. The van der Waals surface area contributed by atoms with Crippen LogP contribution < -0.4 is 0 Å². The van der Waals surface area contributed by atoms with E-state index in [9.17, 15) is 14.0 Å². The Morgan fingerprint density at radius 3 is 2.66 bits per heavy atom. The van der Waals surface area contributed by atoms with Gasteiger partial charge in [-0.25, -0.2) is 4.39 Å². The Bertz CT molecular complexity index is 1070. The number of rotatable bonds is 4. The summed E-state index contributed by atoms with van der Waals surface area (Å²) in [6.07, 6.45) is 3.81. The molecule has 1 amide bonds. The molecule has 0 fully saturated rings. The topological polar surface area (TPSA) is 66.1 Å². The van der Waals surface area contributed by atoms with E-state index in [1.165, 1.54) is 17.3 Å². The first-order chi connectivity index (χ1) is 14.0. The van der Waals surface area contributed by atoms with Crippen molar-refractivity contribution in [2.45, 2.75) is 19.3 Å². The molecule has 1 aliphatic carbocycles. The second-order valence-electron chi connectivity index (χ2n) is 7.61. The zero-order chi connectivity index (χ0) is 20.5. The van der Waals surface area contributed by atoms with Crippen molar-refractivity contribution in [1.82, 2.24) is 14.9 Å². The van der Waals surface area contributed by atoms with E-state index in [-0.39, 0.29) is 18.1 Å². The Morgan fingerprint density at radius 1 is 1.21 bits per heavy atom. The van der Waals surface area contributed by atoms with Crippen molar-refractivity contribution in [3.8, 4) is 11.3 Å². The molecule has 0 saturated carbocycles. The molecule has 0 saturated heterocycles. The quantitative estimate of drug-likeness (QED) is 0.738. The van der Waals surface area contributed by atoms with Crippen molar-refractivity contribution in [3.63, 3.8) is 0 Å². The van der Waals surface area contributed by atoms with E-state index >= 15 is 0 Å². The Hall–Kier alpha value is -3.28. The number of H-pyrrole nitrogens is 1. The smallest absolute Gasteiger partial charge is 0.226 e. The van der Waals surface area contributed by atoms with Gasteiger partial charge in [-0.3, -0.25) is 14.6 Å². The van der Waals surface area contributed by atoms with Gasteiger partial charge in [-0.2, -0.15) is 0 Å². The van der Waals surface area contributed by atoms with Crippen LogP contribution in [0.25, 0.3) is 11.3 Å². The molecule has 0 spiro atoms. The van der Waals surface area contributed by atoms with Gasteiger partial charge >= 0.3 is 0 Å². The van der Waals surface area contributed by atoms with Crippen LogP contribution in [-0.2, 0) is 17.6 Å². The molecule has 5 nitrogen and oxygen atoms in total. The molecule has 0 aliphatic heterocycles. The van der Waals surface area contributed by atoms with Gasteiger partial charge in [-0.15, -0.1) is 0 Å². The number of aromatic nitrogens is 2. The zero-order valence-electron chi connectivity index (χ0n) is 16.4. The highest BCUT2D eigenvalue weighted by molar-refractivity contribution is 6.04. The molecule has 2 heterocycles. The fourth-order valence-corrected chi connectivity index (χ4v) is 4.05. The number of nitrogens with one attached hydrogen (secondary N) is 1. The third-order valence-corrected chi connectivity index (χ3v) is 5.40. The second-order valence-corrected chi connectivity index (χ2v) is 7.61. The average molecular weight is 391 g/mol. The third-order valence-electron chi connectivity index (χ3n) is 5.40. The van der Waals surface area contributed by atoms with Crippen molar-refractivity contribution in [2.24, 2.45) is 5.92 Å². The molecule has 1 N–H and O–H groups in total. The second kappa shape index (κ2) is 7.62. The summed E-state index contributed by atoms with van der Waals surface area (Å²) in [4.78, 5) is 34.1. The van der Waals surface area contributed by atoms with Crippen molar-refractivity contribution in [2.75, 3.05) is 14.1 Å². The highest BCUT2D eigenvalue weighted by atomic mass is 19.1. The molecule has 148 valence electrons. The number of halogens is 1. The van der Waals surface area contributed by atoms with Crippen LogP contribution in [0, 0.1) is 11.7 Å². The van der Waals surface area contributed by atoms with Crippen molar-refractivity contribution in [3.05, 3.63) is 77.0 Å². The molecule has 0 unspecified atom stereocenters. The molecule has 1 aromatic carbocycles. The van der Waals surface area contributed by atoms with E-state index in [0.717, 1.165) is 11.1 Å². The molecular formula is C23H22FN3O2. The third kappa shape index (κ3) is 3.58. The van der Waals surface area contributed by atoms with E-state index in [2.05, 4.69) is 9.97 Å². The number of hydrogen-bond donors (Lipinski definition) is 1. The minimum atomic E-state index is -0.450. The SMILES string of the molecule is CN(C)C(=O)[C@@H]1CC(=O)c2c([nH]c(-c3ccncc3F)c2Cc2ccccc2)C1. The standard InChI is InChI=1S/C23H22FN3O2/c1-27(2)23(29)15-11-19-21(20(28)12-15)17(10-14-6-4-3-5-7-14)22(26-19)16-8-9-25-13-18(16)24/h3-9,13,15,26H,10-12H2,1-2H3/t15-/m0/s1. The summed E-state index contributed by atoms with van der Waals surface area (Å²) in [5, 5.41) is 0. The van der Waals surface area contributed by atoms with E-state index in [4.69, 9.17) is 0 Å². The summed E-state index contributed by atoms with van der Waals surface area (Å²) in [6, 6.07) is 11.4. The molecule has 3 aromatic rings. The number of carbonyl (C=O) groups is 2. The molecule has 1 aliphatic rings. The van der Waals surface area contributed by atoms with Crippen LogP contribution in [0.2, 0.25) is 0 Å². The van der Waals surface area contributed by atoms with Gasteiger partial charge in [0, 0.05) is 56.4 Å². The van der Waals surface area contributed by atoms with Crippen molar-refractivity contribution in [1.29, 1.82) is 0 Å². The van der Waals surface area contributed by atoms with Crippen molar-refractivity contribution < 1.29 is 14.0 Å². The fourth-order valence-electron chi connectivity index (χ4n) is 4.05. The number of hydrogen-bond acceptors (Lipinski definition) is 3. The Morgan fingerprint density at radius 2 is 1.97 bits per heavy atom. The zero-order valence-corrected chi connectivity index (χ0v) is 16.4. The average Bonchev–Trinajstić information content (AvgIpc) is 3.07. The van der Waals surface area contributed by atoms with Crippen LogP contribution in [-0.4, -0.2) is 40.7 Å². The minimum Gasteiger partial charge on any atom is -0.357 e. The first-order valence-corrected chi connectivity index (χ1v) is 9.57. The van der Waals surface area contributed by atoms with Gasteiger partial charge < -0.3 is 9.88 Å². The number of benzene rings is 1. The lowest BCUT2D eigenvalue weighted by atomic mass is 9.83. The van der Waals surface area contributed by atoms with E-state index in [1.807, 2.05) is 30.3 Å². The molecule has 2 aromatic heterocycles. The van der Waals surface area contributed by atoms with Gasteiger partial charge in [0.1, 0.15) is 0 Å². The van der Waals surface area contributed by atoms with Gasteiger partial charge in [0.05, 0.1) is 17.8 Å². The van der Waals surface area contributed by atoms with Crippen LogP contribution in [0.4, 0.5) is 4.39 Å². The van der Waals surface area contributed by atoms with E-state index < -0.39 is 11.7 Å². The highest BCUT2D eigenvalue weighted by Crippen LogP contribution is 2.37. The molecule has 0 bridgehead atoms. The number of nitrogens with zero attached hydrogens (tertiary/aromatic N) is 2. The number of carbonyl (C=O) groups excluding carboxylic acids is 2. The van der Waals surface area contributed by atoms with Crippen LogP contribution in [0.15, 0.2) is 48.8 Å².